The summed E-state index contributed by atoms with van der Waals surface area (Å²) in [5, 5.41) is 2.72. The van der Waals surface area contributed by atoms with Crippen LogP contribution in [0.25, 0.3) is 0 Å². The number of carbonyl (C=O) groups is 1. The minimum absolute atomic E-state index is 0.158. The summed E-state index contributed by atoms with van der Waals surface area (Å²) in [5.74, 6) is -0.345. The maximum absolute atomic E-state index is 13.0. The summed E-state index contributed by atoms with van der Waals surface area (Å²) >= 11 is 0. The third-order valence-corrected chi connectivity index (χ3v) is 3.41. The van der Waals surface area contributed by atoms with E-state index < -0.39 is 0 Å². The molecule has 2 rings (SSSR count). The van der Waals surface area contributed by atoms with Crippen LogP contribution < -0.4 is 5.32 Å². The Labute approximate surface area is 113 Å². The van der Waals surface area contributed by atoms with Crippen molar-refractivity contribution in [2.24, 2.45) is 0 Å². The minimum atomic E-state index is -0.345. The SMILES string of the molecule is CC(C)N1CCN(C(=O)Nc2cccc(F)c2)CC1. The number of carbonyl (C=O) groups excluding carboxylic acids is 1. The van der Waals surface area contributed by atoms with Crippen LogP contribution in [0.1, 0.15) is 13.8 Å². The fourth-order valence-electron chi connectivity index (χ4n) is 2.21. The molecule has 1 aliphatic rings. The summed E-state index contributed by atoms with van der Waals surface area (Å²) in [5.41, 5.74) is 0.497. The van der Waals surface area contributed by atoms with Gasteiger partial charge in [0.25, 0.3) is 0 Å². The summed E-state index contributed by atoms with van der Waals surface area (Å²) in [4.78, 5) is 16.1. The van der Waals surface area contributed by atoms with Crippen LogP contribution in [-0.2, 0) is 0 Å². The molecule has 5 heteroatoms. The van der Waals surface area contributed by atoms with Gasteiger partial charge in [0.1, 0.15) is 5.82 Å². The number of piperazine rings is 1. The topological polar surface area (TPSA) is 35.6 Å². The Hall–Kier alpha value is -1.62. The second-order valence-electron chi connectivity index (χ2n) is 5.06. The number of hydrogen-bond donors (Lipinski definition) is 1. The highest BCUT2D eigenvalue weighted by Crippen LogP contribution is 2.12. The van der Waals surface area contributed by atoms with Gasteiger partial charge in [0.15, 0.2) is 0 Å². The van der Waals surface area contributed by atoms with Crippen molar-refractivity contribution in [3.05, 3.63) is 30.1 Å². The average Bonchev–Trinajstić information content (AvgIpc) is 2.39. The van der Waals surface area contributed by atoms with E-state index in [9.17, 15) is 9.18 Å². The molecule has 0 aliphatic carbocycles. The van der Waals surface area contributed by atoms with Crippen molar-refractivity contribution in [2.45, 2.75) is 19.9 Å². The largest absolute Gasteiger partial charge is 0.322 e. The molecule has 0 atom stereocenters. The second kappa shape index (κ2) is 6.02. The zero-order chi connectivity index (χ0) is 13.8. The highest BCUT2D eigenvalue weighted by atomic mass is 19.1. The molecule has 0 saturated carbocycles. The fourth-order valence-corrected chi connectivity index (χ4v) is 2.21. The molecule has 0 aromatic heterocycles. The lowest BCUT2D eigenvalue weighted by atomic mass is 10.2. The number of halogens is 1. The lowest BCUT2D eigenvalue weighted by Crippen LogP contribution is -2.51. The highest BCUT2D eigenvalue weighted by Gasteiger charge is 2.22. The summed E-state index contributed by atoms with van der Waals surface area (Å²) < 4.78 is 13.0. The van der Waals surface area contributed by atoms with Crippen molar-refractivity contribution < 1.29 is 9.18 Å². The first-order valence-electron chi connectivity index (χ1n) is 6.62. The van der Waals surface area contributed by atoms with Gasteiger partial charge in [-0.05, 0) is 32.0 Å². The van der Waals surface area contributed by atoms with E-state index in [4.69, 9.17) is 0 Å². The molecule has 104 valence electrons. The van der Waals surface area contributed by atoms with Gasteiger partial charge in [-0.3, -0.25) is 4.90 Å². The molecule has 1 aromatic rings. The molecule has 0 unspecified atom stereocenters. The van der Waals surface area contributed by atoms with E-state index in [0.717, 1.165) is 13.1 Å². The molecule has 0 spiro atoms. The van der Waals surface area contributed by atoms with Gasteiger partial charge < -0.3 is 10.2 Å². The van der Waals surface area contributed by atoms with Crippen molar-refractivity contribution in [3.63, 3.8) is 0 Å². The molecular weight excluding hydrogens is 245 g/mol. The zero-order valence-electron chi connectivity index (χ0n) is 11.4. The maximum atomic E-state index is 13.0. The molecule has 0 bridgehead atoms. The van der Waals surface area contributed by atoms with E-state index in [0.29, 0.717) is 24.8 Å². The maximum Gasteiger partial charge on any atom is 0.321 e. The highest BCUT2D eigenvalue weighted by molar-refractivity contribution is 5.89. The first kappa shape index (κ1) is 13.8. The number of nitrogens with one attached hydrogen (secondary N) is 1. The number of urea groups is 1. The normalized spacial score (nSPS) is 16.7. The van der Waals surface area contributed by atoms with Gasteiger partial charge in [0.05, 0.1) is 0 Å². The number of hydrogen-bond acceptors (Lipinski definition) is 2. The first-order valence-corrected chi connectivity index (χ1v) is 6.62. The predicted octanol–water partition coefficient (Wildman–Crippen LogP) is 2.38. The van der Waals surface area contributed by atoms with Gasteiger partial charge in [-0.2, -0.15) is 0 Å². The third-order valence-electron chi connectivity index (χ3n) is 3.41. The Balaban J connectivity index is 1.88. The smallest absolute Gasteiger partial charge is 0.321 e. The molecule has 1 fully saturated rings. The number of amides is 2. The molecule has 1 aliphatic heterocycles. The Bertz CT molecular complexity index is 442. The van der Waals surface area contributed by atoms with Crippen molar-refractivity contribution in [3.8, 4) is 0 Å². The molecule has 2 amide bonds. The van der Waals surface area contributed by atoms with Gasteiger partial charge in [0, 0.05) is 37.9 Å². The monoisotopic (exact) mass is 265 g/mol. The fraction of sp³-hybridized carbons (Fsp3) is 0.500. The molecule has 1 N–H and O–H groups in total. The zero-order valence-corrected chi connectivity index (χ0v) is 11.4. The van der Waals surface area contributed by atoms with E-state index in [1.54, 1.807) is 17.0 Å². The average molecular weight is 265 g/mol. The van der Waals surface area contributed by atoms with Crippen LogP contribution in [0.5, 0.6) is 0 Å². The Morgan fingerprint density at radius 1 is 1.26 bits per heavy atom. The third kappa shape index (κ3) is 3.67. The summed E-state index contributed by atoms with van der Waals surface area (Å²) in [7, 11) is 0. The van der Waals surface area contributed by atoms with Crippen LogP contribution >= 0.6 is 0 Å². The van der Waals surface area contributed by atoms with Crippen LogP contribution in [0, 0.1) is 5.82 Å². The van der Waals surface area contributed by atoms with Crippen molar-refractivity contribution in [1.29, 1.82) is 0 Å². The van der Waals surface area contributed by atoms with Gasteiger partial charge in [0.2, 0.25) is 0 Å². The number of anilines is 1. The molecule has 19 heavy (non-hydrogen) atoms. The predicted molar refractivity (Wildman–Crippen MR) is 73.7 cm³/mol. The standard InChI is InChI=1S/C14H20FN3O/c1-11(2)17-6-8-18(9-7-17)14(19)16-13-5-3-4-12(15)10-13/h3-5,10-11H,6-9H2,1-2H3,(H,16,19). The number of rotatable bonds is 2. The molecule has 1 heterocycles. The Morgan fingerprint density at radius 3 is 2.53 bits per heavy atom. The molecule has 0 radical (unpaired) electrons. The Morgan fingerprint density at radius 2 is 1.95 bits per heavy atom. The number of nitrogens with zero attached hydrogens (tertiary/aromatic N) is 2. The number of benzene rings is 1. The van der Waals surface area contributed by atoms with Crippen molar-refractivity contribution >= 4 is 11.7 Å². The van der Waals surface area contributed by atoms with Crippen LogP contribution in [0.15, 0.2) is 24.3 Å². The van der Waals surface area contributed by atoms with E-state index in [1.807, 2.05) is 0 Å². The van der Waals surface area contributed by atoms with Crippen LogP contribution in [-0.4, -0.2) is 48.1 Å². The van der Waals surface area contributed by atoms with Gasteiger partial charge in [-0.1, -0.05) is 6.07 Å². The van der Waals surface area contributed by atoms with E-state index in [1.165, 1.54) is 12.1 Å². The van der Waals surface area contributed by atoms with Crippen molar-refractivity contribution in [1.82, 2.24) is 9.80 Å². The minimum Gasteiger partial charge on any atom is -0.322 e. The van der Waals surface area contributed by atoms with Crippen LogP contribution in [0.3, 0.4) is 0 Å². The second-order valence-corrected chi connectivity index (χ2v) is 5.06. The summed E-state index contributed by atoms with van der Waals surface area (Å²) in [6.07, 6.45) is 0. The van der Waals surface area contributed by atoms with E-state index in [-0.39, 0.29) is 11.8 Å². The van der Waals surface area contributed by atoms with Gasteiger partial charge in [-0.25, -0.2) is 9.18 Å². The molecular formula is C14H20FN3O. The lowest BCUT2D eigenvalue weighted by Gasteiger charge is -2.36. The summed E-state index contributed by atoms with van der Waals surface area (Å²) in [6.45, 7) is 7.49. The van der Waals surface area contributed by atoms with Crippen molar-refractivity contribution in [2.75, 3.05) is 31.5 Å². The van der Waals surface area contributed by atoms with E-state index in [2.05, 4.69) is 24.1 Å². The van der Waals surface area contributed by atoms with E-state index >= 15 is 0 Å². The molecule has 4 nitrogen and oxygen atoms in total. The lowest BCUT2D eigenvalue weighted by molar-refractivity contribution is 0.125. The summed E-state index contributed by atoms with van der Waals surface area (Å²) in [6, 6.07) is 6.30. The van der Waals surface area contributed by atoms with Crippen LogP contribution in [0.4, 0.5) is 14.9 Å². The van der Waals surface area contributed by atoms with Crippen LogP contribution in [0.2, 0.25) is 0 Å². The van der Waals surface area contributed by atoms with Gasteiger partial charge in [-0.15, -0.1) is 0 Å². The first-order chi connectivity index (χ1) is 9.06. The molecule has 1 aromatic carbocycles. The Kier molecular flexibility index (Phi) is 4.37. The van der Waals surface area contributed by atoms with Gasteiger partial charge >= 0.3 is 6.03 Å². The molecule has 1 saturated heterocycles. The quantitative estimate of drug-likeness (QED) is 0.891.